The van der Waals surface area contributed by atoms with E-state index in [1.165, 1.54) is 26.0 Å². The van der Waals surface area contributed by atoms with Crippen LogP contribution in [0.3, 0.4) is 0 Å². The van der Waals surface area contributed by atoms with Gasteiger partial charge < -0.3 is 15.0 Å². The first-order chi connectivity index (χ1) is 10.1. The minimum Gasteiger partial charge on any atom is -0.494 e. The van der Waals surface area contributed by atoms with E-state index in [9.17, 15) is 4.39 Å². The van der Waals surface area contributed by atoms with Crippen LogP contribution < -0.4 is 10.5 Å². The number of nitrogen functional groups attached to an aromatic ring is 1. The van der Waals surface area contributed by atoms with E-state index in [0.29, 0.717) is 17.5 Å². The Labute approximate surface area is 123 Å². The molecule has 2 N–H and O–H groups in total. The molecule has 3 rings (SSSR count). The third kappa shape index (κ3) is 2.55. The summed E-state index contributed by atoms with van der Waals surface area (Å²) in [6.45, 7) is 5.20. The van der Waals surface area contributed by atoms with E-state index in [2.05, 4.69) is 16.8 Å². The molecule has 2 heterocycles. The maximum Gasteiger partial charge on any atom is 0.201 e. The summed E-state index contributed by atoms with van der Waals surface area (Å²) in [5, 5.41) is 0. The summed E-state index contributed by atoms with van der Waals surface area (Å²) < 4.78 is 20.7. The van der Waals surface area contributed by atoms with Crippen LogP contribution in [0.4, 0.5) is 10.3 Å². The van der Waals surface area contributed by atoms with Gasteiger partial charge in [0.1, 0.15) is 0 Å². The largest absolute Gasteiger partial charge is 0.494 e. The molecule has 1 aromatic heterocycles. The number of nitrogens with zero attached hydrogens (tertiary/aromatic N) is 3. The van der Waals surface area contributed by atoms with Gasteiger partial charge in [0.15, 0.2) is 11.6 Å². The van der Waals surface area contributed by atoms with Gasteiger partial charge in [0.05, 0.1) is 18.1 Å². The normalized spacial score (nSPS) is 17.5. The van der Waals surface area contributed by atoms with Crippen molar-refractivity contribution in [2.45, 2.75) is 32.4 Å². The molecule has 5 nitrogen and oxygen atoms in total. The zero-order valence-electron chi connectivity index (χ0n) is 12.5. The summed E-state index contributed by atoms with van der Waals surface area (Å²) in [4.78, 5) is 6.71. The Kier molecular flexibility index (Phi) is 3.71. The zero-order chi connectivity index (χ0) is 15.0. The van der Waals surface area contributed by atoms with Crippen LogP contribution in [-0.4, -0.2) is 40.7 Å². The van der Waals surface area contributed by atoms with Crippen LogP contribution in [-0.2, 0) is 6.54 Å². The second kappa shape index (κ2) is 5.52. The Morgan fingerprint density at radius 3 is 2.76 bits per heavy atom. The lowest BCUT2D eigenvalue weighted by Gasteiger charge is -2.24. The van der Waals surface area contributed by atoms with Gasteiger partial charge >= 0.3 is 0 Å². The van der Waals surface area contributed by atoms with Gasteiger partial charge in [-0.3, -0.25) is 4.90 Å². The number of fused-ring (bicyclic) bond motifs is 1. The van der Waals surface area contributed by atoms with E-state index in [1.54, 1.807) is 6.07 Å². The Balaban J connectivity index is 1.95. The number of nitrogens with two attached hydrogens (primary N) is 1. The second-order valence-electron chi connectivity index (χ2n) is 5.65. The first kappa shape index (κ1) is 14.1. The van der Waals surface area contributed by atoms with E-state index in [0.717, 1.165) is 25.2 Å². The second-order valence-corrected chi connectivity index (χ2v) is 5.65. The van der Waals surface area contributed by atoms with Gasteiger partial charge in [-0.05, 0) is 32.9 Å². The van der Waals surface area contributed by atoms with Gasteiger partial charge in [0, 0.05) is 24.7 Å². The number of benzene rings is 1. The molecule has 1 atom stereocenters. The van der Waals surface area contributed by atoms with Crippen molar-refractivity contribution >= 4 is 17.0 Å². The molecule has 1 fully saturated rings. The number of hydrogen-bond donors (Lipinski definition) is 1. The topological polar surface area (TPSA) is 56.3 Å². The first-order valence-corrected chi connectivity index (χ1v) is 7.33. The summed E-state index contributed by atoms with van der Waals surface area (Å²) >= 11 is 0. The fraction of sp³-hybridized carbons (Fsp3) is 0.533. The summed E-state index contributed by atoms with van der Waals surface area (Å²) in [5.41, 5.74) is 7.40. The Bertz CT molecular complexity index is 649. The molecule has 0 spiro atoms. The molecule has 0 radical (unpaired) electrons. The highest BCUT2D eigenvalue weighted by Crippen LogP contribution is 2.27. The van der Waals surface area contributed by atoms with Crippen molar-refractivity contribution in [2.24, 2.45) is 0 Å². The Morgan fingerprint density at radius 2 is 2.10 bits per heavy atom. The van der Waals surface area contributed by atoms with Crippen molar-refractivity contribution in [3.05, 3.63) is 17.9 Å². The van der Waals surface area contributed by atoms with Crippen LogP contribution in [0.2, 0.25) is 0 Å². The van der Waals surface area contributed by atoms with Gasteiger partial charge in [-0.25, -0.2) is 9.37 Å². The average Bonchev–Trinajstić information content (AvgIpc) is 3.07. The number of aromatic nitrogens is 2. The fourth-order valence-corrected chi connectivity index (χ4v) is 3.06. The predicted molar refractivity (Wildman–Crippen MR) is 80.9 cm³/mol. The van der Waals surface area contributed by atoms with Crippen LogP contribution in [0.1, 0.15) is 19.8 Å². The third-order valence-corrected chi connectivity index (χ3v) is 4.26. The van der Waals surface area contributed by atoms with Crippen LogP contribution in [0.25, 0.3) is 11.0 Å². The van der Waals surface area contributed by atoms with Crippen molar-refractivity contribution in [1.82, 2.24) is 14.5 Å². The van der Waals surface area contributed by atoms with Crippen molar-refractivity contribution in [1.29, 1.82) is 0 Å². The number of methoxy groups -OCH3 is 1. The molecule has 1 aliphatic heterocycles. The van der Waals surface area contributed by atoms with Crippen molar-refractivity contribution < 1.29 is 9.13 Å². The summed E-state index contributed by atoms with van der Waals surface area (Å²) in [7, 11) is 1.46. The SMILES string of the molecule is COc1cc2c(cc1F)nc(N)n2CC(C)N1CCCC1. The summed E-state index contributed by atoms with van der Waals surface area (Å²) in [6, 6.07) is 3.43. The average molecular weight is 292 g/mol. The molecule has 0 aliphatic carbocycles. The number of imidazole rings is 1. The summed E-state index contributed by atoms with van der Waals surface area (Å²) in [6.07, 6.45) is 2.51. The minimum atomic E-state index is -0.415. The number of halogens is 1. The van der Waals surface area contributed by atoms with Gasteiger partial charge in [0.2, 0.25) is 5.95 Å². The van der Waals surface area contributed by atoms with Gasteiger partial charge in [-0.2, -0.15) is 0 Å². The first-order valence-electron chi connectivity index (χ1n) is 7.33. The van der Waals surface area contributed by atoms with Crippen LogP contribution in [0.5, 0.6) is 5.75 Å². The van der Waals surface area contributed by atoms with Crippen molar-refractivity contribution in [2.75, 3.05) is 25.9 Å². The number of likely N-dealkylation sites (tertiary alicyclic amines) is 1. The molecule has 1 saturated heterocycles. The zero-order valence-corrected chi connectivity index (χ0v) is 12.5. The van der Waals surface area contributed by atoms with E-state index in [-0.39, 0.29) is 5.75 Å². The predicted octanol–water partition coefficient (Wildman–Crippen LogP) is 2.25. The molecule has 1 unspecified atom stereocenters. The summed E-state index contributed by atoms with van der Waals surface area (Å²) in [5.74, 6) is 0.225. The molecule has 1 aliphatic rings. The molecule has 1 aromatic carbocycles. The lowest BCUT2D eigenvalue weighted by atomic mass is 10.2. The maximum absolute atomic E-state index is 13.7. The highest BCUT2D eigenvalue weighted by Gasteiger charge is 2.21. The van der Waals surface area contributed by atoms with Crippen molar-refractivity contribution in [3.63, 3.8) is 0 Å². The standard InChI is InChI=1S/C15H21FN4O/c1-10(19-5-3-4-6-19)9-20-13-8-14(21-2)11(16)7-12(13)18-15(20)17/h7-8,10H,3-6,9H2,1-2H3,(H2,17,18). The molecular weight excluding hydrogens is 271 g/mol. The number of anilines is 1. The Morgan fingerprint density at radius 1 is 1.38 bits per heavy atom. The fourth-order valence-electron chi connectivity index (χ4n) is 3.06. The molecule has 0 bridgehead atoms. The van der Waals surface area contributed by atoms with Crippen LogP contribution in [0, 0.1) is 5.82 Å². The highest BCUT2D eigenvalue weighted by atomic mass is 19.1. The van der Waals surface area contributed by atoms with Crippen molar-refractivity contribution in [3.8, 4) is 5.75 Å². The molecular formula is C15H21FN4O. The van der Waals surface area contributed by atoms with Crippen LogP contribution >= 0.6 is 0 Å². The molecule has 2 aromatic rings. The number of hydrogen-bond acceptors (Lipinski definition) is 4. The monoisotopic (exact) mass is 292 g/mol. The number of ether oxygens (including phenoxy) is 1. The Hall–Kier alpha value is -1.82. The third-order valence-electron chi connectivity index (χ3n) is 4.26. The van der Waals surface area contributed by atoms with E-state index < -0.39 is 5.82 Å². The van der Waals surface area contributed by atoms with Crippen LogP contribution in [0.15, 0.2) is 12.1 Å². The van der Waals surface area contributed by atoms with E-state index in [1.807, 2.05) is 4.57 Å². The molecule has 0 saturated carbocycles. The minimum absolute atomic E-state index is 0.220. The molecule has 21 heavy (non-hydrogen) atoms. The lowest BCUT2D eigenvalue weighted by molar-refractivity contribution is 0.238. The van der Waals surface area contributed by atoms with E-state index >= 15 is 0 Å². The molecule has 6 heteroatoms. The number of rotatable bonds is 4. The lowest BCUT2D eigenvalue weighted by Crippen LogP contribution is -2.33. The van der Waals surface area contributed by atoms with Gasteiger partial charge in [-0.15, -0.1) is 0 Å². The molecule has 0 amide bonds. The van der Waals surface area contributed by atoms with Gasteiger partial charge in [-0.1, -0.05) is 0 Å². The highest BCUT2D eigenvalue weighted by molar-refractivity contribution is 5.80. The van der Waals surface area contributed by atoms with E-state index in [4.69, 9.17) is 10.5 Å². The maximum atomic E-state index is 13.7. The van der Waals surface area contributed by atoms with Gasteiger partial charge in [0.25, 0.3) is 0 Å². The molecule has 114 valence electrons. The smallest absolute Gasteiger partial charge is 0.201 e. The quantitative estimate of drug-likeness (QED) is 0.939.